The van der Waals surface area contributed by atoms with Crippen molar-refractivity contribution in [2.45, 2.75) is 5.41 Å². The van der Waals surface area contributed by atoms with E-state index in [2.05, 4.69) is 352 Å². The van der Waals surface area contributed by atoms with Crippen LogP contribution >= 0.6 is 0 Å². The average molecular weight is 1160 g/mol. The Labute approximate surface area is 522 Å². The topological polar surface area (TPSA) is 0 Å². The number of rotatable bonds is 9. The monoisotopic (exact) mass is 1160 g/mol. The second kappa shape index (κ2) is 20.2. The molecule has 15 aromatic rings. The van der Waals surface area contributed by atoms with Gasteiger partial charge in [0.2, 0.25) is 0 Å². The van der Waals surface area contributed by atoms with Gasteiger partial charge in [0.1, 0.15) is 0 Å². The molecular formula is C87H58Si2. The van der Waals surface area contributed by atoms with Crippen molar-refractivity contribution >= 4 is 79.2 Å². The zero-order chi connectivity index (χ0) is 58.7. The van der Waals surface area contributed by atoms with Crippen LogP contribution < -0.4 is 41.5 Å². The molecule has 414 valence electrons. The maximum Gasteiger partial charge on any atom is 0.180 e. The lowest BCUT2D eigenvalue weighted by molar-refractivity contribution is 0.768. The van der Waals surface area contributed by atoms with Gasteiger partial charge < -0.3 is 0 Å². The molecular weight excluding hydrogens is 1100 g/mol. The summed E-state index contributed by atoms with van der Waals surface area (Å²) in [5, 5.41) is 16.3. The molecule has 0 amide bonds. The third-order valence-electron chi connectivity index (χ3n) is 20.3. The Balaban J connectivity index is 0.978. The summed E-state index contributed by atoms with van der Waals surface area (Å²) in [5.41, 5.74) is 19.9. The summed E-state index contributed by atoms with van der Waals surface area (Å²) >= 11 is 0. The largest absolute Gasteiger partial charge is 0.180 e. The minimum atomic E-state index is -2.83. The van der Waals surface area contributed by atoms with Crippen molar-refractivity contribution < 1.29 is 0 Å². The fourth-order valence-electron chi connectivity index (χ4n) is 17.1. The highest BCUT2D eigenvalue weighted by Gasteiger charge is 2.52. The second-order valence-corrected chi connectivity index (χ2v) is 31.8. The van der Waals surface area contributed by atoms with Crippen LogP contribution in [0.25, 0.3) is 88.3 Å². The van der Waals surface area contributed by atoms with E-state index in [1.54, 1.807) is 0 Å². The Morgan fingerprint density at radius 3 is 0.944 bits per heavy atom. The molecule has 0 bridgehead atoms. The van der Waals surface area contributed by atoms with Gasteiger partial charge in [-0.2, -0.15) is 0 Å². The first kappa shape index (κ1) is 51.5. The molecule has 0 saturated carbocycles. The van der Waals surface area contributed by atoms with Crippen LogP contribution in [-0.2, 0) is 5.41 Å². The van der Waals surface area contributed by atoms with Crippen LogP contribution in [0.2, 0.25) is 0 Å². The minimum absolute atomic E-state index is 0.571. The van der Waals surface area contributed by atoms with Gasteiger partial charge in [0.15, 0.2) is 16.1 Å². The first-order valence-electron chi connectivity index (χ1n) is 31.2. The van der Waals surface area contributed by atoms with Gasteiger partial charge in [0.25, 0.3) is 0 Å². The van der Waals surface area contributed by atoms with Gasteiger partial charge in [-0.05, 0) is 158 Å². The smallest absolute Gasteiger partial charge is 0.0623 e. The molecule has 0 N–H and O–H groups in total. The van der Waals surface area contributed by atoms with Crippen molar-refractivity contribution in [2.75, 3.05) is 0 Å². The molecule has 1 aliphatic carbocycles. The van der Waals surface area contributed by atoms with Gasteiger partial charge in [-0.15, -0.1) is 0 Å². The molecule has 0 aromatic heterocycles. The van der Waals surface area contributed by atoms with Gasteiger partial charge in [-0.25, -0.2) is 0 Å². The normalized spacial score (nSPS) is 14.1. The number of hydrogen-bond acceptors (Lipinski definition) is 0. The second-order valence-electron chi connectivity index (χ2n) is 24.3. The Hall–Kier alpha value is -10.7. The molecule has 15 aromatic carbocycles. The van der Waals surface area contributed by atoms with Crippen LogP contribution in [0.1, 0.15) is 22.3 Å². The van der Waals surface area contributed by atoms with Gasteiger partial charge >= 0.3 is 0 Å². The molecule has 89 heavy (non-hydrogen) atoms. The van der Waals surface area contributed by atoms with Gasteiger partial charge in [-0.1, -0.05) is 346 Å². The average Bonchev–Trinajstić information content (AvgIpc) is 1.61. The number of fused-ring (bicyclic) bond motifs is 11. The van der Waals surface area contributed by atoms with Gasteiger partial charge in [0, 0.05) is 0 Å². The lowest BCUT2D eigenvalue weighted by atomic mass is 9.67. The fourth-order valence-corrected chi connectivity index (χ4v) is 27.5. The standard InChI is InChI=1S/C87H58Si2/c1-7-30-59(31-8-1)87(60-32-9-2-10-33-60)77-52-22-19-42-71(77)84-74(51-27-53-78(84)87)83-69-47-25-45-65(67-49-28-56-81-85(67)72-43-20-23-54-79(72)88(81,61-34-11-3-12-35-61)62-36-13-4-14-37-62)75(69)58-76-66(46-26-48-70(76)83)68-50-29-57-82-86(68)73-44-21-24-55-80(73)89(82,63-38-15-5-16-39-63)64-40-17-6-18-41-64/h1-58H. The maximum atomic E-state index is 2.59. The number of benzene rings is 15. The van der Waals surface area contributed by atoms with Crippen LogP contribution in [0, 0.1) is 0 Å². The van der Waals surface area contributed by atoms with E-state index in [9.17, 15) is 0 Å². The van der Waals surface area contributed by atoms with Crippen LogP contribution in [0.3, 0.4) is 0 Å². The van der Waals surface area contributed by atoms with Gasteiger partial charge in [0.05, 0.1) is 5.41 Å². The Kier molecular flexibility index (Phi) is 11.7. The molecule has 0 fully saturated rings. The van der Waals surface area contributed by atoms with Crippen molar-refractivity contribution in [3.63, 3.8) is 0 Å². The summed E-state index contributed by atoms with van der Waals surface area (Å²) in [7, 11) is -5.66. The van der Waals surface area contributed by atoms with Crippen LogP contribution in [0.4, 0.5) is 0 Å². The lowest BCUT2D eigenvalue weighted by Gasteiger charge is -2.34. The molecule has 0 atom stereocenters. The highest BCUT2D eigenvalue weighted by Crippen LogP contribution is 2.60. The summed E-state index contributed by atoms with van der Waals surface area (Å²) in [6.07, 6.45) is 0. The van der Waals surface area contributed by atoms with Gasteiger partial charge in [-0.3, -0.25) is 0 Å². The van der Waals surface area contributed by atoms with Crippen molar-refractivity contribution in [3.05, 3.63) is 374 Å². The Morgan fingerprint density at radius 2 is 0.494 bits per heavy atom. The molecule has 0 unspecified atom stereocenters. The summed E-state index contributed by atoms with van der Waals surface area (Å²) in [4.78, 5) is 0. The molecule has 2 heteroatoms. The van der Waals surface area contributed by atoms with Crippen molar-refractivity contribution in [1.29, 1.82) is 0 Å². The van der Waals surface area contributed by atoms with E-state index < -0.39 is 21.6 Å². The maximum absolute atomic E-state index is 2.83. The van der Waals surface area contributed by atoms with Crippen LogP contribution in [-0.4, -0.2) is 16.1 Å². The summed E-state index contributed by atoms with van der Waals surface area (Å²) in [6.45, 7) is 0. The number of hydrogen-bond donors (Lipinski definition) is 0. The summed E-state index contributed by atoms with van der Waals surface area (Å²) < 4.78 is 0. The molecule has 0 saturated heterocycles. The lowest BCUT2D eigenvalue weighted by Crippen LogP contribution is -2.72. The van der Waals surface area contributed by atoms with Crippen molar-refractivity contribution in [2.24, 2.45) is 0 Å². The molecule has 3 aliphatic rings. The van der Waals surface area contributed by atoms with Crippen molar-refractivity contribution in [3.8, 4) is 66.8 Å². The Morgan fingerprint density at radius 1 is 0.180 bits per heavy atom. The zero-order valence-electron chi connectivity index (χ0n) is 49.0. The predicted octanol–water partition coefficient (Wildman–Crippen LogP) is 16.1. The fraction of sp³-hybridized carbons (Fsp3) is 0.0115. The SMILES string of the molecule is c1ccc(C2(c3ccccc3)c3ccccc3-c3c(-c4c5cccc(-c6cccc7c6-c6ccccc6[Si]7(c6ccccc6)c6ccccc6)c5cc5c(-c6cccc7c6-c6ccccc6[Si]7(c6ccccc6)c6ccccc6)cccc45)cccc32)cc1. The molecule has 0 radical (unpaired) electrons. The Bertz CT molecular complexity index is 4930. The van der Waals surface area contributed by atoms with E-state index in [4.69, 9.17) is 0 Å². The minimum Gasteiger partial charge on any atom is -0.0623 e. The quantitative estimate of drug-likeness (QED) is 0.0998. The highest BCUT2D eigenvalue weighted by molar-refractivity contribution is 7.23. The zero-order valence-corrected chi connectivity index (χ0v) is 51.0. The first-order chi connectivity index (χ1) is 44.2. The third-order valence-corrected chi connectivity index (χ3v) is 30.1. The molecule has 0 spiro atoms. The molecule has 2 aliphatic heterocycles. The molecule has 18 rings (SSSR count). The third kappa shape index (κ3) is 7.10. The van der Waals surface area contributed by atoms with E-state index >= 15 is 0 Å². The van der Waals surface area contributed by atoms with Crippen molar-refractivity contribution in [1.82, 2.24) is 0 Å². The van der Waals surface area contributed by atoms with E-state index in [1.807, 2.05) is 0 Å². The van der Waals surface area contributed by atoms with E-state index in [-0.39, 0.29) is 0 Å². The van der Waals surface area contributed by atoms with E-state index in [0.717, 1.165) is 0 Å². The predicted molar refractivity (Wildman–Crippen MR) is 380 cm³/mol. The highest BCUT2D eigenvalue weighted by atomic mass is 28.3. The summed E-state index contributed by atoms with van der Waals surface area (Å²) in [5.74, 6) is 0. The first-order valence-corrected chi connectivity index (χ1v) is 35.2. The molecule has 0 nitrogen and oxygen atoms in total. The molecule has 2 heterocycles. The van der Waals surface area contributed by atoms with E-state index in [1.165, 1.54) is 152 Å². The summed E-state index contributed by atoms with van der Waals surface area (Å²) in [6, 6.07) is 135. The van der Waals surface area contributed by atoms with Crippen LogP contribution in [0.5, 0.6) is 0 Å². The van der Waals surface area contributed by atoms with Crippen LogP contribution in [0.15, 0.2) is 352 Å². The van der Waals surface area contributed by atoms with E-state index in [0.29, 0.717) is 0 Å².